The summed E-state index contributed by atoms with van der Waals surface area (Å²) in [7, 11) is 0. The van der Waals surface area contributed by atoms with Crippen LogP contribution in [0, 0.1) is 17.0 Å². The third-order valence-corrected chi connectivity index (χ3v) is 2.77. The van der Waals surface area contributed by atoms with E-state index >= 15 is 0 Å². The van der Waals surface area contributed by atoms with Gasteiger partial charge in [0.25, 0.3) is 5.69 Å². The molecule has 0 radical (unpaired) electrons. The maximum atomic E-state index is 12.2. The molecule has 0 unspecified atom stereocenters. The van der Waals surface area contributed by atoms with Crippen LogP contribution in [-0.2, 0) is 0 Å². The number of carbonyl (C=O) groups excluding carboxylic acids is 1. The predicted octanol–water partition coefficient (Wildman–Crippen LogP) is 2.72. The number of ketones is 1. The van der Waals surface area contributed by atoms with Gasteiger partial charge >= 0.3 is 0 Å². The minimum Gasteiger partial charge on any atom is -0.393 e. The maximum absolute atomic E-state index is 12.2. The first-order valence-electron chi connectivity index (χ1n) is 5.64. The molecule has 5 heteroatoms. The van der Waals surface area contributed by atoms with Crippen LogP contribution in [-0.4, -0.2) is 10.7 Å². The fourth-order valence-corrected chi connectivity index (χ4v) is 1.80. The highest BCUT2D eigenvalue weighted by atomic mass is 16.6. The van der Waals surface area contributed by atoms with Gasteiger partial charge in [-0.1, -0.05) is 23.8 Å². The Labute approximate surface area is 109 Å². The van der Waals surface area contributed by atoms with Crippen LogP contribution in [0.4, 0.5) is 11.4 Å². The van der Waals surface area contributed by atoms with Crippen molar-refractivity contribution in [3.8, 4) is 0 Å². The Bertz CT molecular complexity index is 665. The lowest BCUT2D eigenvalue weighted by atomic mass is 10.0. The molecule has 0 aliphatic rings. The highest BCUT2D eigenvalue weighted by Crippen LogP contribution is 2.23. The first kappa shape index (κ1) is 12.8. The number of nitrogens with two attached hydrogens (primary N) is 1. The minimum absolute atomic E-state index is 0.0470. The molecule has 2 N–H and O–H groups in total. The molecule has 0 amide bonds. The number of rotatable bonds is 3. The number of carbonyl (C=O) groups is 1. The van der Waals surface area contributed by atoms with Crippen LogP contribution < -0.4 is 5.73 Å². The van der Waals surface area contributed by atoms with E-state index in [9.17, 15) is 14.9 Å². The second kappa shape index (κ2) is 4.89. The van der Waals surface area contributed by atoms with Gasteiger partial charge in [-0.15, -0.1) is 0 Å². The van der Waals surface area contributed by atoms with Gasteiger partial charge in [-0.2, -0.15) is 0 Å². The molecule has 0 aromatic heterocycles. The fraction of sp³-hybridized carbons (Fsp3) is 0.0714. The van der Waals surface area contributed by atoms with E-state index < -0.39 is 4.92 Å². The van der Waals surface area contributed by atoms with Gasteiger partial charge in [0.15, 0.2) is 5.78 Å². The van der Waals surface area contributed by atoms with Crippen molar-refractivity contribution in [3.63, 3.8) is 0 Å². The topological polar surface area (TPSA) is 86.2 Å². The molecular formula is C14H12N2O3. The summed E-state index contributed by atoms with van der Waals surface area (Å²) >= 11 is 0. The number of benzene rings is 2. The van der Waals surface area contributed by atoms with E-state index in [4.69, 9.17) is 5.73 Å². The molecule has 96 valence electrons. The molecular weight excluding hydrogens is 244 g/mol. The van der Waals surface area contributed by atoms with E-state index in [0.717, 1.165) is 5.56 Å². The quantitative estimate of drug-likeness (QED) is 0.396. The number of nitrogens with zero attached hydrogens (tertiary/aromatic N) is 1. The molecule has 0 spiro atoms. The summed E-state index contributed by atoms with van der Waals surface area (Å²) in [6, 6.07) is 11.1. The summed E-state index contributed by atoms with van der Waals surface area (Å²) in [5.41, 5.74) is 7.01. The van der Waals surface area contributed by atoms with Crippen molar-refractivity contribution in [3.05, 3.63) is 69.3 Å². The van der Waals surface area contributed by atoms with Gasteiger partial charge in [-0.3, -0.25) is 14.9 Å². The largest absolute Gasteiger partial charge is 0.393 e. The molecule has 0 heterocycles. The average Bonchev–Trinajstić information content (AvgIpc) is 2.38. The summed E-state index contributed by atoms with van der Waals surface area (Å²) < 4.78 is 0. The van der Waals surface area contributed by atoms with Gasteiger partial charge in [0.1, 0.15) is 5.69 Å². The van der Waals surface area contributed by atoms with Crippen LogP contribution in [0.2, 0.25) is 0 Å². The third-order valence-electron chi connectivity index (χ3n) is 2.77. The molecule has 2 aromatic carbocycles. The van der Waals surface area contributed by atoms with Crippen LogP contribution >= 0.6 is 0 Å². The molecule has 0 saturated carbocycles. The molecule has 0 atom stereocenters. The van der Waals surface area contributed by atoms with Gasteiger partial charge < -0.3 is 5.73 Å². The SMILES string of the molecule is Cc1cccc(C(=O)c2ccc(N)c([N+](=O)[O-])c2)c1. The molecule has 2 rings (SSSR count). The Kier molecular flexibility index (Phi) is 3.29. The Hall–Kier alpha value is -2.69. The zero-order chi connectivity index (χ0) is 14.0. The lowest BCUT2D eigenvalue weighted by molar-refractivity contribution is -0.383. The van der Waals surface area contributed by atoms with E-state index in [1.165, 1.54) is 18.2 Å². The van der Waals surface area contributed by atoms with Gasteiger partial charge in [0.05, 0.1) is 4.92 Å². The molecule has 2 aromatic rings. The average molecular weight is 256 g/mol. The standard InChI is InChI=1S/C14H12N2O3/c1-9-3-2-4-10(7-9)14(17)11-5-6-12(15)13(8-11)16(18)19/h2-8H,15H2,1H3. The number of anilines is 1. The van der Waals surface area contributed by atoms with Gasteiger partial charge in [0.2, 0.25) is 0 Å². The van der Waals surface area contributed by atoms with Crippen LogP contribution in [0.15, 0.2) is 42.5 Å². The summed E-state index contributed by atoms with van der Waals surface area (Å²) in [6.45, 7) is 1.88. The van der Waals surface area contributed by atoms with Crippen LogP contribution in [0.25, 0.3) is 0 Å². The summed E-state index contributed by atoms with van der Waals surface area (Å²) in [4.78, 5) is 22.4. The van der Waals surface area contributed by atoms with E-state index in [2.05, 4.69) is 0 Å². The van der Waals surface area contributed by atoms with Crippen molar-refractivity contribution in [2.24, 2.45) is 0 Å². The summed E-state index contributed by atoms with van der Waals surface area (Å²) in [5.74, 6) is -0.258. The van der Waals surface area contributed by atoms with Crippen molar-refractivity contribution in [2.75, 3.05) is 5.73 Å². The van der Waals surface area contributed by atoms with Crippen molar-refractivity contribution in [1.29, 1.82) is 0 Å². The zero-order valence-electron chi connectivity index (χ0n) is 10.3. The van der Waals surface area contributed by atoms with E-state index in [-0.39, 0.29) is 22.7 Å². The monoisotopic (exact) mass is 256 g/mol. The van der Waals surface area contributed by atoms with Crippen LogP contribution in [0.3, 0.4) is 0 Å². The number of nitro groups is 1. The lowest BCUT2D eigenvalue weighted by Crippen LogP contribution is -2.04. The van der Waals surface area contributed by atoms with Crippen molar-refractivity contribution in [1.82, 2.24) is 0 Å². The normalized spacial score (nSPS) is 10.2. The Balaban J connectivity index is 2.45. The molecule has 0 aliphatic heterocycles. The van der Waals surface area contributed by atoms with E-state index in [1.807, 2.05) is 13.0 Å². The number of nitrogen functional groups attached to an aromatic ring is 1. The van der Waals surface area contributed by atoms with Crippen LogP contribution in [0.5, 0.6) is 0 Å². The van der Waals surface area contributed by atoms with E-state index in [1.54, 1.807) is 18.2 Å². The highest BCUT2D eigenvalue weighted by molar-refractivity contribution is 6.09. The number of hydrogen-bond acceptors (Lipinski definition) is 4. The van der Waals surface area contributed by atoms with Crippen molar-refractivity contribution < 1.29 is 9.72 Å². The smallest absolute Gasteiger partial charge is 0.292 e. The van der Waals surface area contributed by atoms with Crippen LogP contribution in [0.1, 0.15) is 21.5 Å². The Morgan fingerprint density at radius 1 is 1.16 bits per heavy atom. The highest BCUT2D eigenvalue weighted by Gasteiger charge is 2.16. The second-order valence-electron chi connectivity index (χ2n) is 4.23. The van der Waals surface area contributed by atoms with Crippen molar-refractivity contribution >= 4 is 17.2 Å². The Morgan fingerprint density at radius 3 is 2.47 bits per heavy atom. The summed E-state index contributed by atoms with van der Waals surface area (Å²) in [5, 5.41) is 10.8. The molecule has 0 bridgehead atoms. The van der Waals surface area contributed by atoms with Gasteiger partial charge in [0, 0.05) is 17.2 Å². The van der Waals surface area contributed by atoms with Crippen molar-refractivity contribution in [2.45, 2.75) is 6.92 Å². The minimum atomic E-state index is -0.595. The van der Waals surface area contributed by atoms with Gasteiger partial charge in [-0.05, 0) is 25.1 Å². The lowest BCUT2D eigenvalue weighted by Gasteiger charge is -2.03. The number of aryl methyl sites for hydroxylation is 1. The first-order valence-corrected chi connectivity index (χ1v) is 5.64. The summed E-state index contributed by atoms with van der Waals surface area (Å²) in [6.07, 6.45) is 0. The first-order chi connectivity index (χ1) is 8.99. The molecule has 19 heavy (non-hydrogen) atoms. The molecule has 0 fully saturated rings. The number of nitro benzene ring substituents is 1. The third kappa shape index (κ3) is 2.60. The molecule has 0 aliphatic carbocycles. The molecule has 5 nitrogen and oxygen atoms in total. The zero-order valence-corrected chi connectivity index (χ0v) is 10.3. The second-order valence-corrected chi connectivity index (χ2v) is 4.23. The molecule has 0 saturated heterocycles. The fourth-order valence-electron chi connectivity index (χ4n) is 1.80. The van der Waals surface area contributed by atoms with E-state index in [0.29, 0.717) is 5.56 Å². The Morgan fingerprint density at radius 2 is 1.84 bits per heavy atom. The predicted molar refractivity (Wildman–Crippen MR) is 72.1 cm³/mol. The van der Waals surface area contributed by atoms with Gasteiger partial charge in [-0.25, -0.2) is 0 Å². The number of hydrogen-bond donors (Lipinski definition) is 1. The maximum Gasteiger partial charge on any atom is 0.292 e.